The number of allylic oxidation sites excluding steroid dienone is 22. The van der Waals surface area contributed by atoms with Crippen LogP contribution in [0.2, 0.25) is 0 Å². The van der Waals surface area contributed by atoms with Gasteiger partial charge in [0.15, 0.2) is 0 Å². The number of hydrogen-bond donors (Lipinski definition) is 4. The van der Waals surface area contributed by atoms with E-state index in [-0.39, 0.29) is 17.4 Å². The number of amides is 1. The molecule has 7 aromatic rings. The first kappa shape index (κ1) is 69.8. The second-order valence-corrected chi connectivity index (χ2v) is 26.0. The molecular weight excluding hydrogens is 1240 g/mol. The van der Waals surface area contributed by atoms with Crippen molar-refractivity contribution < 1.29 is 33.2 Å². The van der Waals surface area contributed by atoms with Crippen LogP contribution in [0.15, 0.2) is 281 Å². The van der Waals surface area contributed by atoms with Gasteiger partial charge in [0.25, 0.3) is 5.91 Å². The highest BCUT2D eigenvalue weighted by Gasteiger charge is 2.29. The van der Waals surface area contributed by atoms with E-state index in [9.17, 15) is 4.79 Å². The molecule has 0 saturated carbocycles. The number of methoxy groups -OCH3 is 6. The predicted octanol–water partition coefficient (Wildman–Crippen LogP) is 18.4. The number of aromatic amines is 2. The van der Waals surface area contributed by atoms with Crippen LogP contribution in [0.1, 0.15) is 117 Å². The maximum absolute atomic E-state index is 13.9. The van der Waals surface area contributed by atoms with Gasteiger partial charge >= 0.3 is 0 Å². The van der Waals surface area contributed by atoms with Crippen molar-refractivity contribution in [1.82, 2.24) is 15.3 Å². The lowest BCUT2D eigenvalue weighted by molar-refractivity contribution is 0.102. The highest BCUT2D eigenvalue weighted by molar-refractivity contribution is 6.30. The molecule has 5 heterocycles. The highest BCUT2D eigenvalue weighted by Crippen LogP contribution is 2.42. The summed E-state index contributed by atoms with van der Waals surface area (Å²) in [5.74, 6) is 3.57. The predicted molar refractivity (Wildman–Crippen MR) is 411 cm³/mol. The summed E-state index contributed by atoms with van der Waals surface area (Å²) < 4.78 is 35.1. The number of rotatable bonds is 22. The molecule has 1 amide bonds. The van der Waals surface area contributed by atoms with Gasteiger partial charge < -0.3 is 49.0 Å². The Hall–Kier alpha value is -11.5. The van der Waals surface area contributed by atoms with Crippen LogP contribution in [0, 0.1) is 5.41 Å². The first-order valence-corrected chi connectivity index (χ1v) is 33.8. The molecule has 4 aliphatic rings. The van der Waals surface area contributed by atoms with Crippen LogP contribution in [0.25, 0.3) is 28.4 Å². The van der Waals surface area contributed by atoms with Gasteiger partial charge in [0, 0.05) is 79.5 Å². The summed E-state index contributed by atoms with van der Waals surface area (Å²) in [6.45, 7) is 15.4. The van der Waals surface area contributed by atoms with Gasteiger partial charge in [-0.1, -0.05) is 157 Å². The third kappa shape index (κ3) is 16.7. The Labute approximate surface area is 588 Å². The topological polar surface area (TPSA) is 140 Å². The number of hydrogen-bond acceptors (Lipinski definition) is 9. The van der Waals surface area contributed by atoms with Crippen molar-refractivity contribution in [3.8, 4) is 34.5 Å². The zero-order valence-electron chi connectivity index (χ0n) is 59.5. The molecule has 12 nitrogen and oxygen atoms in total. The molecule has 5 aromatic carbocycles. The molecule has 1 atom stereocenters. The average molecular weight is 1330 g/mol. The van der Waals surface area contributed by atoms with Crippen LogP contribution in [0.4, 0.5) is 5.69 Å². The van der Waals surface area contributed by atoms with Crippen molar-refractivity contribution >= 4 is 45.7 Å². The Balaban J connectivity index is 0.842. The van der Waals surface area contributed by atoms with Gasteiger partial charge in [-0.25, -0.2) is 4.99 Å². The molecule has 3 aliphatic heterocycles. The smallest absolute Gasteiger partial charge is 0.255 e. The molecule has 1 unspecified atom stereocenters. The van der Waals surface area contributed by atoms with E-state index in [0.29, 0.717) is 57.2 Å². The second-order valence-electron chi connectivity index (χ2n) is 26.0. The number of nitrogens with zero attached hydrogens (tertiary/aromatic N) is 1. The maximum atomic E-state index is 13.9. The molecule has 11 rings (SSSR count). The Kier molecular flexibility index (Phi) is 22.2. The molecule has 4 N–H and O–H groups in total. The third-order valence-corrected chi connectivity index (χ3v) is 18.4. The number of benzene rings is 5. The summed E-state index contributed by atoms with van der Waals surface area (Å²) in [5.41, 5.74) is 20.8. The summed E-state index contributed by atoms with van der Waals surface area (Å²) >= 11 is 0. The summed E-state index contributed by atoms with van der Waals surface area (Å²) in [4.78, 5) is 27.1. The molecule has 2 aromatic heterocycles. The van der Waals surface area contributed by atoms with E-state index in [1.807, 2.05) is 115 Å². The number of nitrogens with one attached hydrogen (secondary N) is 4. The van der Waals surface area contributed by atoms with Crippen LogP contribution in [0.3, 0.4) is 0 Å². The van der Waals surface area contributed by atoms with Crippen LogP contribution >= 0.6 is 0 Å². The SMILES string of the molecule is COc1cc(OC)cc(/C2=C3\C=CC(=N3)/C(c3cc(OC)cc(OC)c3)=c3/cc/c([nH]3)=C(\c3cc(OC)cc(OC)c3)C3C=C/C(=C(\c4ccc(NC(=O)c5ccc(/C=C/C(C)=C/C=C/C(C)=C/C=C/C=C(C)/C=C/C=C(C)/C=C/C6=C(C)CCCC6(C)C)cc5)cc4)c4ccc2[nH]4)N3)c1. The largest absolute Gasteiger partial charge is 0.497 e. The number of ether oxygens (including phenoxy) is 6. The molecule has 0 fully saturated rings. The molecular formula is C88H89N5O7. The minimum Gasteiger partial charge on any atom is -0.497 e. The van der Waals surface area contributed by atoms with E-state index in [1.54, 1.807) is 42.7 Å². The fourth-order valence-corrected chi connectivity index (χ4v) is 13.0. The first-order valence-electron chi connectivity index (χ1n) is 33.8. The second kappa shape index (κ2) is 31.8. The Morgan fingerprint density at radius 3 is 1.59 bits per heavy atom. The number of aromatic nitrogens is 2. The average Bonchev–Trinajstić information content (AvgIpc) is 1.60. The van der Waals surface area contributed by atoms with Crippen molar-refractivity contribution in [2.75, 3.05) is 48.0 Å². The highest BCUT2D eigenvalue weighted by atomic mass is 16.5. The van der Waals surface area contributed by atoms with E-state index < -0.39 is 0 Å². The maximum Gasteiger partial charge on any atom is 0.255 e. The number of aliphatic imine (C=N–C) groups is 1. The number of carbonyl (C=O) groups is 1. The van der Waals surface area contributed by atoms with Crippen LogP contribution in [-0.2, 0) is 0 Å². The Morgan fingerprint density at radius 1 is 0.520 bits per heavy atom. The van der Waals surface area contributed by atoms with Crippen molar-refractivity contribution in [1.29, 1.82) is 0 Å². The summed E-state index contributed by atoms with van der Waals surface area (Å²) in [6.07, 6.45) is 41.9. The van der Waals surface area contributed by atoms with Gasteiger partial charge in [0.05, 0.1) is 60.1 Å². The van der Waals surface area contributed by atoms with Gasteiger partial charge in [-0.05, 0) is 196 Å². The molecule has 508 valence electrons. The van der Waals surface area contributed by atoms with Gasteiger partial charge in [0.1, 0.15) is 34.5 Å². The monoisotopic (exact) mass is 1330 g/mol. The van der Waals surface area contributed by atoms with E-state index in [1.165, 1.54) is 41.6 Å². The number of anilines is 1. The Bertz CT molecular complexity index is 4830. The van der Waals surface area contributed by atoms with E-state index in [4.69, 9.17) is 33.4 Å². The molecule has 12 heteroatoms. The quantitative estimate of drug-likeness (QED) is 0.0492. The fourth-order valence-electron chi connectivity index (χ4n) is 13.0. The zero-order chi connectivity index (χ0) is 70.5. The van der Waals surface area contributed by atoms with Crippen LogP contribution in [-0.4, -0.2) is 70.3 Å². The minimum absolute atomic E-state index is 0.220. The molecule has 0 saturated heterocycles. The van der Waals surface area contributed by atoms with Crippen molar-refractivity contribution in [2.45, 2.75) is 73.8 Å². The lowest BCUT2D eigenvalue weighted by Crippen LogP contribution is -2.30. The number of fused-ring (bicyclic) bond motifs is 7. The van der Waals surface area contributed by atoms with Crippen molar-refractivity contribution in [3.05, 3.63) is 331 Å². The van der Waals surface area contributed by atoms with Crippen LogP contribution in [0.5, 0.6) is 34.5 Å². The molecule has 1 aliphatic carbocycles. The van der Waals surface area contributed by atoms with E-state index in [0.717, 1.165) is 89.0 Å². The third-order valence-electron chi connectivity index (χ3n) is 18.4. The van der Waals surface area contributed by atoms with Crippen LogP contribution < -0.4 is 49.8 Å². The molecule has 0 radical (unpaired) electrons. The van der Waals surface area contributed by atoms with E-state index in [2.05, 4.69) is 191 Å². The van der Waals surface area contributed by atoms with Crippen molar-refractivity contribution in [3.63, 3.8) is 0 Å². The summed E-state index contributed by atoms with van der Waals surface area (Å²) in [7, 11) is 9.89. The van der Waals surface area contributed by atoms with Gasteiger partial charge in [-0.15, -0.1) is 0 Å². The summed E-state index contributed by atoms with van der Waals surface area (Å²) in [6, 6.07) is 41.1. The molecule has 100 heavy (non-hydrogen) atoms. The van der Waals surface area contributed by atoms with Crippen molar-refractivity contribution in [2.24, 2.45) is 10.4 Å². The minimum atomic E-state index is -0.361. The first-order chi connectivity index (χ1) is 48.4. The van der Waals surface area contributed by atoms with Gasteiger partial charge in [-0.3, -0.25) is 4.79 Å². The molecule has 0 spiro atoms. The fraction of sp³-hybridized carbons (Fsp3) is 0.205. The lowest BCUT2D eigenvalue weighted by atomic mass is 9.72. The lowest BCUT2D eigenvalue weighted by Gasteiger charge is -2.32. The number of carbonyl (C=O) groups excluding carboxylic acids is 1. The zero-order valence-corrected chi connectivity index (χ0v) is 59.5. The molecule has 8 bridgehead atoms. The summed E-state index contributed by atoms with van der Waals surface area (Å²) in [5, 5.41) is 8.74. The number of H-pyrrole nitrogens is 2. The standard InChI is InChI=1S/C88H89N5O7/c1-56(19-14-15-20-57(2)22-17-24-59(4)27-37-74-60(5)25-18-46-88(74,6)7)21-16-23-58(3)26-28-61-29-31-63(32-30-61)87(94)89-67-35-33-62(34-36-67)83-75-38-40-77(90-75)84(64-47-68(95-8)53-69(48-64)96-9)79-42-44-81(92-79)86(66-51-72(99-12)55-73(52-66)100-13)82-45-43-80(93-82)85(78-41-39-76(83)91-78)65-49-70(97-10)54-71(50-65)98-11/h14-17,19-24,26-45,47-55,77,90-92H,18,25,46H2,1-13H3,(H,89,94)/b15-14+,21-16+,22-17+,28-26+,37-27+,56-19+,57-20+,58-23+,59-24+,83-75-,84-79-,85-80-,86-81-. The van der Waals surface area contributed by atoms with E-state index >= 15 is 0 Å². The van der Waals surface area contributed by atoms with Gasteiger partial charge in [0.2, 0.25) is 0 Å². The Morgan fingerprint density at radius 2 is 1.03 bits per heavy atom. The normalized spacial score (nSPS) is 19.2. The van der Waals surface area contributed by atoms with Gasteiger partial charge in [-0.2, -0.15) is 0 Å².